The first kappa shape index (κ1) is 14.8. The van der Waals surface area contributed by atoms with Crippen LogP contribution < -0.4 is 9.47 Å². The first-order valence-corrected chi connectivity index (χ1v) is 7.00. The zero-order valence-corrected chi connectivity index (χ0v) is 12.8. The number of carbonyl (C=O) groups excluding carboxylic acids is 1. The monoisotopic (exact) mass is 309 g/mol. The van der Waals surface area contributed by atoms with Gasteiger partial charge in [-0.05, 0) is 42.0 Å². The van der Waals surface area contributed by atoms with Crippen LogP contribution in [0.15, 0.2) is 59.2 Å². The van der Waals surface area contributed by atoms with Crippen LogP contribution in [-0.4, -0.2) is 26.1 Å². The van der Waals surface area contributed by atoms with Gasteiger partial charge in [-0.25, -0.2) is 9.79 Å². The highest BCUT2D eigenvalue weighted by atomic mass is 16.6. The average Bonchev–Trinajstić information content (AvgIpc) is 2.96. The van der Waals surface area contributed by atoms with Crippen molar-refractivity contribution >= 4 is 17.9 Å². The third kappa shape index (κ3) is 3.23. The van der Waals surface area contributed by atoms with Gasteiger partial charge in [-0.15, -0.1) is 0 Å². The number of cyclic esters (lactones) is 1. The number of rotatable bonds is 4. The molecule has 0 bridgehead atoms. The van der Waals surface area contributed by atoms with Gasteiger partial charge in [0.1, 0.15) is 11.5 Å². The van der Waals surface area contributed by atoms with Gasteiger partial charge >= 0.3 is 5.97 Å². The lowest BCUT2D eigenvalue weighted by atomic mass is 10.2. The molecule has 0 aromatic heterocycles. The molecule has 0 fully saturated rings. The van der Waals surface area contributed by atoms with Crippen molar-refractivity contribution in [3.63, 3.8) is 0 Å². The Hall–Kier alpha value is -3.08. The Kier molecular flexibility index (Phi) is 4.10. The van der Waals surface area contributed by atoms with Crippen LogP contribution in [-0.2, 0) is 9.53 Å². The zero-order chi connectivity index (χ0) is 16.2. The quantitative estimate of drug-likeness (QED) is 0.643. The van der Waals surface area contributed by atoms with Crippen molar-refractivity contribution in [2.75, 3.05) is 14.2 Å². The molecule has 116 valence electrons. The predicted molar refractivity (Wildman–Crippen MR) is 86.6 cm³/mol. The van der Waals surface area contributed by atoms with Crippen molar-refractivity contribution in [3.8, 4) is 11.5 Å². The van der Waals surface area contributed by atoms with Crippen LogP contribution in [0, 0.1) is 0 Å². The molecule has 0 saturated carbocycles. The molecule has 0 spiro atoms. The van der Waals surface area contributed by atoms with E-state index in [9.17, 15) is 4.79 Å². The summed E-state index contributed by atoms with van der Waals surface area (Å²) in [6, 6.07) is 14.6. The van der Waals surface area contributed by atoms with Gasteiger partial charge in [0.25, 0.3) is 0 Å². The number of ether oxygens (including phenoxy) is 3. The van der Waals surface area contributed by atoms with Crippen molar-refractivity contribution in [2.45, 2.75) is 0 Å². The highest BCUT2D eigenvalue weighted by Crippen LogP contribution is 2.22. The molecule has 0 amide bonds. The van der Waals surface area contributed by atoms with Crippen LogP contribution in [0.2, 0.25) is 0 Å². The van der Waals surface area contributed by atoms with Crippen LogP contribution in [0.3, 0.4) is 0 Å². The van der Waals surface area contributed by atoms with E-state index in [-0.39, 0.29) is 11.6 Å². The summed E-state index contributed by atoms with van der Waals surface area (Å²) in [5, 5.41) is 0. The molecule has 1 aliphatic heterocycles. The summed E-state index contributed by atoms with van der Waals surface area (Å²) in [6.45, 7) is 0. The summed E-state index contributed by atoms with van der Waals surface area (Å²) in [4.78, 5) is 16.3. The largest absolute Gasteiger partial charge is 0.497 e. The van der Waals surface area contributed by atoms with Gasteiger partial charge in [0, 0.05) is 5.56 Å². The molecule has 23 heavy (non-hydrogen) atoms. The smallest absolute Gasteiger partial charge is 0.363 e. The van der Waals surface area contributed by atoms with E-state index < -0.39 is 5.97 Å². The maximum Gasteiger partial charge on any atom is 0.363 e. The van der Waals surface area contributed by atoms with Crippen LogP contribution in [0.1, 0.15) is 11.1 Å². The molecule has 5 nitrogen and oxygen atoms in total. The molecule has 5 heteroatoms. The molecule has 2 aromatic carbocycles. The third-order valence-electron chi connectivity index (χ3n) is 3.33. The molecule has 0 radical (unpaired) electrons. The second-order valence-corrected chi connectivity index (χ2v) is 4.84. The van der Waals surface area contributed by atoms with Gasteiger partial charge in [0.15, 0.2) is 5.70 Å². The number of methoxy groups -OCH3 is 2. The van der Waals surface area contributed by atoms with E-state index in [0.717, 1.165) is 5.56 Å². The fourth-order valence-corrected chi connectivity index (χ4v) is 2.18. The topological polar surface area (TPSA) is 57.1 Å². The lowest BCUT2D eigenvalue weighted by Crippen LogP contribution is -2.05. The highest BCUT2D eigenvalue weighted by molar-refractivity contribution is 6.12. The molecule has 1 aliphatic rings. The van der Waals surface area contributed by atoms with E-state index in [1.807, 2.05) is 42.5 Å². The molecule has 3 rings (SSSR count). The summed E-state index contributed by atoms with van der Waals surface area (Å²) in [6.07, 6.45) is 1.66. The molecule has 0 saturated heterocycles. The summed E-state index contributed by atoms with van der Waals surface area (Å²) in [5.41, 5.74) is 1.75. The number of benzene rings is 2. The molecular weight excluding hydrogens is 294 g/mol. The van der Waals surface area contributed by atoms with Crippen LogP contribution in [0.5, 0.6) is 11.5 Å². The van der Waals surface area contributed by atoms with Crippen molar-refractivity contribution in [2.24, 2.45) is 4.99 Å². The lowest BCUT2D eigenvalue weighted by Gasteiger charge is -2.02. The maximum atomic E-state index is 12.0. The van der Waals surface area contributed by atoms with E-state index >= 15 is 0 Å². The van der Waals surface area contributed by atoms with Crippen LogP contribution in [0.4, 0.5) is 0 Å². The van der Waals surface area contributed by atoms with Crippen molar-refractivity contribution in [3.05, 3.63) is 65.4 Å². The Morgan fingerprint density at radius 2 is 1.70 bits per heavy atom. The SMILES string of the molecule is COc1cccc(/C=C2\N=C(c3cccc(OC)c3)OC2=O)c1. The van der Waals surface area contributed by atoms with E-state index in [2.05, 4.69) is 4.99 Å². The molecular formula is C18H15NO4. The lowest BCUT2D eigenvalue weighted by molar-refractivity contribution is -0.129. The van der Waals surface area contributed by atoms with Crippen LogP contribution >= 0.6 is 0 Å². The van der Waals surface area contributed by atoms with Gasteiger partial charge in [-0.3, -0.25) is 0 Å². The number of esters is 1. The predicted octanol–water partition coefficient (Wildman–Crippen LogP) is 3.05. The average molecular weight is 309 g/mol. The number of carbonyl (C=O) groups is 1. The summed E-state index contributed by atoms with van der Waals surface area (Å²) in [5.74, 6) is 1.17. The first-order chi connectivity index (χ1) is 11.2. The Labute approximate surface area is 133 Å². The summed E-state index contributed by atoms with van der Waals surface area (Å²) < 4.78 is 15.6. The zero-order valence-electron chi connectivity index (χ0n) is 12.8. The second kappa shape index (κ2) is 6.36. The normalized spacial score (nSPS) is 15.3. The Balaban J connectivity index is 1.92. The third-order valence-corrected chi connectivity index (χ3v) is 3.33. The standard InChI is InChI=1S/C18H15NO4/c1-21-14-7-3-5-12(9-14)10-16-18(20)23-17(19-16)13-6-4-8-15(11-13)22-2/h3-11H,1-2H3/b16-10-. The summed E-state index contributed by atoms with van der Waals surface area (Å²) >= 11 is 0. The molecule has 0 unspecified atom stereocenters. The van der Waals surface area contributed by atoms with Gasteiger partial charge < -0.3 is 14.2 Å². The second-order valence-electron chi connectivity index (χ2n) is 4.84. The van der Waals surface area contributed by atoms with Crippen LogP contribution in [0.25, 0.3) is 6.08 Å². The molecule has 1 heterocycles. The number of nitrogens with zero attached hydrogens (tertiary/aromatic N) is 1. The van der Waals surface area contributed by atoms with E-state index in [0.29, 0.717) is 17.1 Å². The Bertz CT molecular complexity index is 808. The number of hydrogen-bond acceptors (Lipinski definition) is 5. The number of aliphatic imine (C=N–C) groups is 1. The molecule has 0 atom stereocenters. The molecule has 0 N–H and O–H groups in total. The van der Waals surface area contributed by atoms with Crippen molar-refractivity contribution in [1.82, 2.24) is 0 Å². The maximum absolute atomic E-state index is 12.0. The summed E-state index contributed by atoms with van der Waals surface area (Å²) in [7, 11) is 3.17. The van der Waals surface area contributed by atoms with Gasteiger partial charge in [0.05, 0.1) is 14.2 Å². The van der Waals surface area contributed by atoms with Gasteiger partial charge in [0.2, 0.25) is 5.90 Å². The van der Waals surface area contributed by atoms with E-state index in [1.165, 1.54) is 0 Å². The van der Waals surface area contributed by atoms with E-state index in [4.69, 9.17) is 14.2 Å². The fraction of sp³-hybridized carbons (Fsp3) is 0.111. The highest BCUT2D eigenvalue weighted by Gasteiger charge is 2.24. The number of hydrogen-bond donors (Lipinski definition) is 0. The Morgan fingerprint density at radius 1 is 1.00 bits per heavy atom. The first-order valence-electron chi connectivity index (χ1n) is 7.00. The minimum absolute atomic E-state index is 0.246. The van der Waals surface area contributed by atoms with E-state index in [1.54, 1.807) is 26.4 Å². The fourth-order valence-electron chi connectivity index (χ4n) is 2.18. The van der Waals surface area contributed by atoms with Crippen molar-refractivity contribution < 1.29 is 19.0 Å². The van der Waals surface area contributed by atoms with Gasteiger partial charge in [-0.1, -0.05) is 18.2 Å². The minimum atomic E-state index is -0.481. The molecule has 0 aliphatic carbocycles. The molecule has 2 aromatic rings. The minimum Gasteiger partial charge on any atom is -0.497 e. The van der Waals surface area contributed by atoms with Gasteiger partial charge in [-0.2, -0.15) is 0 Å². The van der Waals surface area contributed by atoms with Crippen molar-refractivity contribution in [1.29, 1.82) is 0 Å². The Morgan fingerprint density at radius 3 is 2.43 bits per heavy atom.